The van der Waals surface area contributed by atoms with E-state index in [4.69, 9.17) is 18.7 Å². The number of rotatable bonds is 2. The van der Waals surface area contributed by atoms with Gasteiger partial charge in [-0.3, -0.25) is 14.4 Å². The summed E-state index contributed by atoms with van der Waals surface area (Å²) in [5, 5.41) is 10.1. The zero-order chi connectivity index (χ0) is 29.8. The van der Waals surface area contributed by atoms with Crippen LogP contribution in [0, 0.1) is 0 Å². The molecule has 0 radical (unpaired) electrons. The number of carbonyl (C=O) groups excluding carboxylic acids is 3. The number of piperidine rings is 1. The van der Waals surface area contributed by atoms with Crippen LogP contribution in [0.1, 0.15) is 69.8 Å². The maximum absolute atomic E-state index is 13.5. The lowest BCUT2D eigenvalue weighted by molar-refractivity contribution is -0.124. The molecule has 2 aliphatic heterocycles. The van der Waals surface area contributed by atoms with Gasteiger partial charge >= 0.3 is 0 Å². The number of hydrogen-bond acceptors (Lipinski definition) is 8. The molecule has 6 rings (SSSR count). The molecule has 0 saturated carbocycles. The Kier molecular flexibility index (Phi) is 8.59. The molecular formula is C32H36N4O7. The van der Waals surface area contributed by atoms with Gasteiger partial charge in [0, 0.05) is 49.7 Å². The highest BCUT2D eigenvalue weighted by Crippen LogP contribution is 2.29. The number of aryl methyl sites for hydroxylation is 1. The molecule has 3 aromatic rings. The van der Waals surface area contributed by atoms with Crippen LogP contribution in [0.4, 0.5) is 0 Å². The fourth-order valence-electron chi connectivity index (χ4n) is 5.91. The van der Waals surface area contributed by atoms with Gasteiger partial charge in [0.25, 0.3) is 11.8 Å². The van der Waals surface area contributed by atoms with Crippen molar-refractivity contribution in [2.24, 2.45) is 0 Å². The zero-order valence-electron chi connectivity index (χ0n) is 24.2. The summed E-state index contributed by atoms with van der Waals surface area (Å²) in [6.07, 6.45) is 4.54. The molecule has 1 saturated heterocycles. The van der Waals surface area contributed by atoms with Gasteiger partial charge in [0.2, 0.25) is 5.91 Å². The molecule has 1 aromatic heterocycles. The molecule has 1 aliphatic carbocycles. The number of fused-ring (bicyclic) bond motifs is 6. The van der Waals surface area contributed by atoms with E-state index in [1.807, 2.05) is 24.3 Å². The van der Waals surface area contributed by atoms with E-state index in [9.17, 15) is 14.4 Å². The first kappa shape index (κ1) is 28.7. The average Bonchev–Trinajstić information content (AvgIpc) is 3.46. The number of aromatic nitrogens is 1. The second-order valence-electron chi connectivity index (χ2n) is 11.2. The molecule has 3 amide bonds. The Hall–Kier alpha value is -4.38. The Morgan fingerprint density at radius 3 is 2.81 bits per heavy atom. The summed E-state index contributed by atoms with van der Waals surface area (Å²) in [6, 6.07) is 12.1. The first-order valence-corrected chi connectivity index (χ1v) is 14.9. The fourth-order valence-corrected chi connectivity index (χ4v) is 5.91. The highest BCUT2D eigenvalue weighted by molar-refractivity contribution is 5.95. The molecule has 2 aromatic carbocycles. The van der Waals surface area contributed by atoms with Crippen LogP contribution in [0.3, 0.4) is 0 Å². The van der Waals surface area contributed by atoms with Gasteiger partial charge in [0.1, 0.15) is 23.0 Å². The molecule has 3 aliphatic rings. The smallest absolute Gasteiger partial charge is 0.276 e. The molecule has 0 spiro atoms. The number of nitrogens with zero attached hydrogens (tertiary/aromatic N) is 2. The number of ether oxygens (including phenoxy) is 3. The summed E-state index contributed by atoms with van der Waals surface area (Å²) in [6.45, 7) is 1.39. The lowest BCUT2D eigenvalue weighted by Crippen LogP contribution is -2.57. The van der Waals surface area contributed by atoms with Crippen molar-refractivity contribution in [3.05, 3.63) is 70.6 Å². The highest BCUT2D eigenvalue weighted by Gasteiger charge is 2.36. The van der Waals surface area contributed by atoms with Crippen LogP contribution in [-0.4, -0.2) is 66.7 Å². The van der Waals surface area contributed by atoms with E-state index in [0.717, 1.165) is 42.6 Å². The monoisotopic (exact) mass is 588 g/mol. The van der Waals surface area contributed by atoms with E-state index in [1.54, 1.807) is 23.1 Å². The molecule has 2 N–H and O–H groups in total. The molecule has 43 heavy (non-hydrogen) atoms. The van der Waals surface area contributed by atoms with Gasteiger partial charge in [0.05, 0.1) is 25.9 Å². The van der Waals surface area contributed by atoms with Crippen molar-refractivity contribution in [3.63, 3.8) is 0 Å². The average molecular weight is 589 g/mol. The zero-order valence-corrected chi connectivity index (χ0v) is 24.2. The summed E-state index contributed by atoms with van der Waals surface area (Å²) >= 11 is 0. The molecule has 11 heteroatoms. The summed E-state index contributed by atoms with van der Waals surface area (Å²) < 4.78 is 23.3. The van der Waals surface area contributed by atoms with Gasteiger partial charge in [-0.1, -0.05) is 17.3 Å². The van der Waals surface area contributed by atoms with Crippen molar-refractivity contribution < 1.29 is 33.1 Å². The van der Waals surface area contributed by atoms with Crippen LogP contribution in [0.2, 0.25) is 0 Å². The lowest BCUT2D eigenvalue weighted by atomic mass is 9.95. The molecular weight excluding hydrogens is 552 g/mol. The number of carbonyl (C=O) groups is 3. The van der Waals surface area contributed by atoms with E-state index in [2.05, 4.69) is 15.8 Å². The molecule has 11 nitrogen and oxygen atoms in total. The van der Waals surface area contributed by atoms with Crippen LogP contribution in [0.5, 0.6) is 17.2 Å². The van der Waals surface area contributed by atoms with Crippen molar-refractivity contribution in [1.29, 1.82) is 0 Å². The minimum atomic E-state index is -0.409. The Balaban J connectivity index is 1.21. The molecule has 0 unspecified atom stereocenters. The van der Waals surface area contributed by atoms with Gasteiger partial charge in [-0.05, 0) is 61.9 Å². The van der Waals surface area contributed by atoms with Gasteiger partial charge in [-0.15, -0.1) is 0 Å². The first-order chi connectivity index (χ1) is 21.0. The summed E-state index contributed by atoms with van der Waals surface area (Å²) in [4.78, 5) is 41.2. The summed E-state index contributed by atoms with van der Waals surface area (Å²) in [5.41, 5.74) is 2.58. The van der Waals surface area contributed by atoms with Crippen LogP contribution in [-0.2, 0) is 29.0 Å². The van der Waals surface area contributed by atoms with Crippen LogP contribution >= 0.6 is 0 Å². The quantitative estimate of drug-likeness (QED) is 0.462. The summed E-state index contributed by atoms with van der Waals surface area (Å²) in [5.74, 6) is 1.73. The summed E-state index contributed by atoms with van der Waals surface area (Å²) in [7, 11) is 1.53. The number of benzene rings is 2. The number of likely N-dealkylation sites (tertiary alicyclic amines) is 1. The molecule has 226 valence electrons. The Morgan fingerprint density at radius 2 is 1.93 bits per heavy atom. The van der Waals surface area contributed by atoms with E-state index in [1.165, 1.54) is 7.11 Å². The predicted octanol–water partition coefficient (Wildman–Crippen LogP) is 3.79. The second-order valence-corrected chi connectivity index (χ2v) is 11.2. The van der Waals surface area contributed by atoms with E-state index < -0.39 is 6.04 Å². The van der Waals surface area contributed by atoms with Gasteiger partial charge in [-0.25, -0.2) is 0 Å². The number of amides is 3. The maximum atomic E-state index is 13.5. The van der Waals surface area contributed by atoms with Crippen molar-refractivity contribution in [2.75, 3.05) is 26.7 Å². The van der Waals surface area contributed by atoms with Crippen molar-refractivity contribution in [3.8, 4) is 17.2 Å². The second kappa shape index (κ2) is 12.9. The van der Waals surface area contributed by atoms with Crippen molar-refractivity contribution in [2.45, 2.75) is 63.7 Å². The third-order valence-electron chi connectivity index (χ3n) is 8.18. The number of hydrogen-bond donors (Lipinski definition) is 2. The standard InChI is InChI=1S/C32H36N4O7/c1-40-23-15-21-16-24(17-23)42-22-7-4-6-20(14-22)19-41-28-11-13-36(18-26(28)34-29(37)10-5-12-33-31(21)38)32(39)30-25-8-2-3-9-27(25)43-35-30/h4,6-7,14-17,26,28H,2-3,5,8-13,18-19H2,1H3,(H,33,38)(H,34,37)/t26-,28-/m0/s1. The van der Waals surface area contributed by atoms with Gasteiger partial charge in [-0.2, -0.15) is 0 Å². The van der Waals surface area contributed by atoms with Gasteiger partial charge in [0.15, 0.2) is 5.69 Å². The largest absolute Gasteiger partial charge is 0.497 e. The Morgan fingerprint density at radius 1 is 1.05 bits per heavy atom. The number of nitrogens with one attached hydrogen (secondary N) is 2. The van der Waals surface area contributed by atoms with Crippen molar-refractivity contribution in [1.82, 2.24) is 20.7 Å². The van der Waals surface area contributed by atoms with Gasteiger partial charge < -0.3 is 34.3 Å². The van der Waals surface area contributed by atoms with E-state index in [-0.39, 0.29) is 30.2 Å². The molecule has 2 atom stereocenters. The third-order valence-corrected chi connectivity index (χ3v) is 8.18. The highest BCUT2D eigenvalue weighted by atomic mass is 16.5. The van der Waals surface area contributed by atoms with Crippen LogP contribution < -0.4 is 20.1 Å². The maximum Gasteiger partial charge on any atom is 0.276 e. The van der Waals surface area contributed by atoms with Crippen LogP contribution in [0.25, 0.3) is 0 Å². The van der Waals surface area contributed by atoms with Crippen LogP contribution in [0.15, 0.2) is 47.0 Å². The van der Waals surface area contributed by atoms with Crippen molar-refractivity contribution >= 4 is 17.7 Å². The predicted molar refractivity (Wildman–Crippen MR) is 155 cm³/mol. The normalized spacial score (nSPS) is 21.2. The third kappa shape index (κ3) is 6.67. The minimum Gasteiger partial charge on any atom is -0.497 e. The SMILES string of the molecule is COc1cc2cc(c1)C(=O)NCCCC(=O)N[C@H]1CN(C(=O)c3noc4c3CCCC4)CC[C@@H]1OCc1cccc(c1)O2. The molecule has 3 heterocycles. The topological polar surface area (TPSA) is 132 Å². The molecule has 1 fully saturated rings. The van der Waals surface area contributed by atoms with E-state index in [0.29, 0.717) is 67.6 Å². The molecule has 4 bridgehead atoms. The fraction of sp³-hybridized carbons (Fsp3) is 0.438. The lowest BCUT2D eigenvalue weighted by Gasteiger charge is -2.38. The Bertz CT molecular complexity index is 1500. The number of methoxy groups -OCH3 is 1. The minimum absolute atomic E-state index is 0.166. The van der Waals surface area contributed by atoms with E-state index >= 15 is 0 Å². The Labute approximate surface area is 249 Å². The first-order valence-electron chi connectivity index (χ1n) is 14.9.